The molecule has 1 aromatic carbocycles. The Bertz CT molecular complexity index is 925. The fourth-order valence-corrected chi connectivity index (χ4v) is 5.24. The Morgan fingerprint density at radius 1 is 1.27 bits per heavy atom. The van der Waals surface area contributed by atoms with Gasteiger partial charge in [0, 0.05) is 13.0 Å². The number of carbonyl (C=O) groups is 1. The third-order valence-electron chi connectivity index (χ3n) is 6.36. The SMILES string of the molecule is C[C@H](Sc1nnc(C2CC2)n1Cc1ccccc1)C(=O)N(C)C1(C#N)CCCCC1. The highest BCUT2D eigenvalue weighted by Gasteiger charge is 2.40. The molecule has 1 aromatic heterocycles. The van der Waals surface area contributed by atoms with Crippen molar-refractivity contribution in [2.45, 2.75) is 80.3 Å². The number of rotatable bonds is 7. The lowest BCUT2D eigenvalue weighted by Crippen LogP contribution is -2.52. The Labute approximate surface area is 182 Å². The molecule has 158 valence electrons. The molecule has 1 atom stereocenters. The maximum atomic E-state index is 13.2. The summed E-state index contributed by atoms with van der Waals surface area (Å²) in [6.45, 7) is 2.62. The summed E-state index contributed by atoms with van der Waals surface area (Å²) in [5.74, 6) is 1.49. The molecule has 0 aliphatic heterocycles. The normalized spacial score (nSPS) is 19.1. The quantitative estimate of drug-likeness (QED) is 0.618. The van der Waals surface area contributed by atoms with Crippen molar-refractivity contribution in [1.29, 1.82) is 5.26 Å². The van der Waals surface area contributed by atoms with Crippen molar-refractivity contribution in [3.05, 3.63) is 41.7 Å². The van der Waals surface area contributed by atoms with E-state index >= 15 is 0 Å². The standard InChI is InChI=1S/C23H29N5OS/c1-17(21(29)27(2)23(16-24)13-7-4-8-14-23)30-22-26-25-20(19-11-12-19)28(22)15-18-9-5-3-6-10-18/h3,5-6,9-10,17,19H,4,7-8,11-15H2,1-2H3/t17-/m0/s1. The maximum absolute atomic E-state index is 13.2. The van der Waals surface area contributed by atoms with Gasteiger partial charge in [-0.25, -0.2) is 0 Å². The largest absolute Gasteiger partial charge is 0.326 e. The van der Waals surface area contributed by atoms with Crippen molar-refractivity contribution in [2.75, 3.05) is 7.05 Å². The Balaban J connectivity index is 1.52. The van der Waals surface area contributed by atoms with Crippen LogP contribution in [0.5, 0.6) is 0 Å². The first-order valence-electron chi connectivity index (χ1n) is 10.9. The van der Waals surface area contributed by atoms with Crippen LogP contribution >= 0.6 is 11.8 Å². The van der Waals surface area contributed by atoms with Gasteiger partial charge in [-0.2, -0.15) is 5.26 Å². The first-order valence-corrected chi connectivity index (χ1v) is 11.7. The maximum Gasteiger partial charge on any atom is 0.236 e. The fourth-order valence-electron chi connectivity index (χ4n) is 4.30. The van der Waals surface area contributed by atoms with Gasteiger partial charge in [-0.3, -0.25) is 4.79 Å². The van der Waals surface area contributed by atoms with Crippen LogP contribution in [0.2, 0.25) is 0 Å². The number of benzene rings is 1. The molecule has 0 bridgehead atoms. The fraction of sp³-hybridized carbons (Fsp3) is 0.565. The van der Waals surface area contributed by atoms with E-state index in [4.69, 9.17) is 0 Å². The number of aromatic nitrogens is 3. The molecule has 2 aliphatic rings. The van der Waals surface area contributed by atoms with E-state index in [1.807, 2.05) is 25.1 Å². The molecule has 1 amide bonds. The van der Waals surface area contributed by atoms with Crippen LogP contribution in [0.15, 0.2) is 35.5 Å². The summed E-state index contributed by atoms with van der Waals surface area (Å²) >= 11 is 1.45. The van der Waals surface area contributed by atoms with Crippen LogP contribution < -0.4 is 0 Å². The molecule has 7 heteroatoms. The first-order chi connectivity index (χ1) is 14.5. The number of hydrogen-bond acceptors (Lipinski definition) is 5. The third-order valence-corrected chi connectivity index (χ3v) is 7.43. The molecule has 0 radical (unpaired) electrons. The van der Waals surface area contributed by atoms with E-state index in [0.29, 0.717) is 12.5 Å². The number of amides is 1. The second-order valence-corrected chi connectivity index (χ2v) is 9.86. The van der Waals surface area contributed by atoms with Crippen LogP contribution in [-0.4, -0.2) is 43.4 Å². The zero-order valence-electron chi connectivity index (χ0n) is 17.8. The van der Waals surface area contributed by atoms with Crippen LogP contribution in [0.4, 0.5) is 0 Å². The second-order valence-electron chi connectivity index (χ2n) is 8.55. The smallest absolute Gasteiger partial charge is 0.236 e. The summed E-state index contributed by atoms with van der Waals surface area (Å²) in [6, 6.07) is 12.7. The van der Waals surface area contributed by atoms with Gasteiger partial charge in [-0.05, 0) is 38.2 Å². The highest BCUT2D eigenvalue weighted by atomic mass is 32.2. The molecule has 2 aromatic rings. The van der Waals surface area contributed by atoms with Crippen molar-refractivity contribution in [3.63, 3.8) is 0 Å². The average molecular weight is 424 g/mol. The van der Waals surface area contributed by atoms with Gasteiger partial charge in [0.15, 0.2) is 5.16 Å². The lowest BCUT2D eigenvalue weighted by Gasteiger charge is -2.40. The van der Waals surface area contributed by atoms with Crippen molar-refractivity contribution >= 4 is 17.7 Å². The summed E-state index contributed by atoms with van der Waals surface area (Å²) in [5.41, 5.74) is 0.531. The average Bonchev–Trinajstić information content (AvgIpc) is 3.56. The molecule has 2 saturated carbocycles. The van der Waals surface area contributed by atoms with Crippen LogP contribution in [0, 0.1) is 11.3 Å². The second kappa shape index (κ2) is 8.81. The zero-order chi connectivity index (χ0) is 21.1. The topological polar surface area (TPSA) is 74.8 Å². The van der Waals surface area contributed by atoms with Crippen molar-refractivity contribution in [1.82, 2.24) is 19.7 Å². The molecule has 4 rings (SSSR count). The molecule has 0 N–H and O–H groups in total. The zero-order valence-corrected chi connectivity index (χ0v) is 18.6. The van der Waals surface area contributed by atoms with Crippen LogP contribution in [0.3, 0.4) is 0 Å². The molecular weight excluding hydrogens is 394 g/mol. The number of thioether (sulfide) groups is 1. The minimum atomic E-state index is -0.666. The first kappa shape index (κ1) is 20.9. The van der Waals surface area contributed by atoms with Gasteiger partial charge in [-0.15, -0.1) is 10.2 Å². The van der Waals surface area contributed by atoms with E-state index in [2.05, 4.69) is 33.0 Å². The molecule has 1 heterocycles. The van der Waals surface area contributed by atoms with Crippen LogP contribution in [0.1, 0.15) is 69.2 Å². The van der Waals surface area contributed by atoms with E-state index in [1.165, 1.54) is 17.3 Å². The van der Waals surface area contributed by atoms with E-state index in [0.717, 1.165) is 55.9 Å². The molecule has 0 unspecified atom stereocenters. The molecule has 30 heavy (non-hydrogen) atoms. The summed E-state index contributed by atoms with van der Waals surface area (Å²) < 4.78 is 2.17. The monoisotopic (exact) mass is 423 g/mol. The summed E-state index contributed by atoms with van der Waals surface area (Å²) in [4.78, 5) is 14.9. The lowest BCUT2D eigenvalue weighted by atomic mass is 9.81. The highest BCUT2D eigenvalue weighted by Crippen LogP contribution is 2.41. The minimum absolute atomic E-state index is 0.00863. The van der Waals surface area contributed by atoms with Gasteiger partial charge >= 0.3 is 0 Å². The number of nitrogens with zero attached hydrogens (tertiary/aromatic N) is 5. The molecule has 0 spiro atoms. The summed E-state index contributed by atoms with van der Waals surface area (Å²) in [6.07, 6.45) is 6.98. The van der Waals surface area contributed by atoms with Crippen molar-refractivity contribution in [3.8, 4) is 6.07 Å². The molecule has 2 aliphatic carbocycles. The number of nitriles is 1. The summed E-state index contributed by atoms with van der Waals surface area (Å²) in [5, 5.41) is 19.2. The molecular formula is C23H29N5OS. The highest BCUT2D eigenvalue weighted by molar-refractivity contribution is 8.00. The Kier molecular flexibility index (Phi) is 6.14. The predicted octanol–water partition coefficient (Wildman–Crippen LogP) is 4.37. The summed E-state index contributed by atoms with van der Waals surface area (Å²) in [7, 11) is 1.79. The van der Waals surface area contributed by atoms with Gasteiger partial charge in [0.25, 0.3) is 0 Å². The number of hydrogen-bond donors (Lipinski definition) is 0. The Hall–Kier alpha value is -2.33. The van der Waals surface area contributed by atoms with Gasteiger partial charge in [0.2, 0.25) is 5.91 Å². The van der Waals surface area contributed by atoms with Crippen molar-refractivity contribution in [2.24, 2.45) is 0 Å². The molecule has 0 saturated heterocycles. The lowest BCUT2D eigenvalue weighted by molar-refractivity contribution is -0.133. The predicted molar refractivity (Wildman–Crippen MR) is 117 cm³/mol. The van der Waals surface area contributed by atoms with E-state index in [9.17, 15) is 10.1 Å². The van der Waals surface area contributed by atoms with E-state index < -0.39 is 5.54 Å². The molecule has 2 fully saturated rings. The van der Waals surface area contributed by atoms with E-state index in [-0.39, 0.29) is 11.2 Å². The van der Waals surface area contributed by atoms with Gasteiger partial charge < -0.3 is 9.47 Å². The van der Waals surface area contributed by atoms with Gasteiger partial charge in [0.1, 0.15) is 11.4 Å². The van der Waals surface area contributed by atoms with Gasteiger partial charge in [-0.1, -0.05) is 61.4 Å². The van der Waals surface area contributed by atoms with Crippen LogP contribution in [0.25, 0.3) is 0 Å². The minimum Gasteiger partial charge on any atom is -0.326 e. The van der Waals surface area contributed by atoms with E-state index in [1.54, 1.807) is 11.9 Å². The third kappa shape index (κ3) is 4.24. The van der Waals surface area contributed by atoms with Crippen LogP contribution in [-0.2, 0) is 11.3 Å². The van der Waals surface area contributed by atoms with Crippen molar-refractivity contribution < 1.29 is 4.79 Å². The Morgan fingerprint density at radius 2 is 1.97 bits per heavy atom. The Morgan fingerprint density at radius 3 is 2.60 bits per heavy atom. The number of carbonyl (C=O) groups excluding carboxylic acids is 1. The van der Waals surface area contributed by atoms with Gasteiger partial charge in [0.05, 0.1) is 17.9 Å². The molecule has 6 nitrogen and oxygen atoms in total.